The first kappa shape index (κ1) is 17.9. The molecule has 4 bridgehead atoms. The van der Waals surface area contributed by atoms with E-state index in [2.05, 4.69) is 5.32 Å². The minimum Gasteiger partial charge on any atom is -0.480 e. The maximum absolute atomic E-state index is 13.1. The van der Waals surface area contributed by atoms with Crippen LogP contribution in [0.25, 0.3) is 0 Å². The third kappa shape index (κ3) is 3.42. The molecular formula is C20H24N2O5. The van der Waals surface area contributed by atoms with E-state index >= 15 is 0 Å². The van der Waals surface area contributed by atoms with Crippen LogP contribution < -0.4 is 5.32 Å². The van der Waals surface area contributed by atoms with Crippen LogP contribution in [0.3, 0.4) is 0 Å². The highest BCUT2D eigenvalue weighted by atomic mass is 16.6. The molecule has 1 aromatic carbocycles. The summed E-state index contributed by atoms with van der Waals surface area (Å²) in [6.07, 6.45) is 6.43. The molecule has 0 heterocycles. The minimum atomic E-state index is -1.08. The van der Waals surface area contributed by atoms with Gasteiger partial charge in [-0.05, 0) is 61.8 Å². The normalized spacial score (nSPS) is 32.1. The van der Waals surface area contributed by atoms with E-state index in [1.165, 1.54) is 31.4 Å². The van der Waals surface area contributed by atoms with Crippen LogP contribution >= 0.6 is 0 Å². The van der Waals surface area contributed by atoms with Gasteiger partial charge in [-0.25, -0.2) is 4.79 Å². The van der Waals surface area contributed by atoms with Crippen LogP contribution in [0.15, 0.2) is 24.3 Å². The number of carbonyl (C=O) groups excluding carboxylic acids is 1. The van der Waals surface area contributed by atoms with E-state index < -0.39 is 22.3 Å². The Morgan fingerprint density at radius 3 is 2.07 bits per heavy atom. The van der Waals surface area contributed by atoms with Crippen LogP contribution in [-0.2, 0) is 16.0 Å². The zero-order valence-electron chi connectivity index (χ0n) is 15.1. The summed E-state index contributed by atoms with van der Waals surface area (Å²) >= 11 is 0. The van der Waals surface area contributed by atoms with Gasteiger partial charge < -0.3 is 10.4 Å². The molecular weight excluding hydrogens is 348 g/mol. The van der Waals surface area contributed by atoms with Crippen LogP contribution in [0, 0.1) is 33.3 Å². The summed E-state index contributed by atoms with van der Waals surface area (Å²) < 4.78 is 0. The predicted octanol–water partition coefficient (Wildman–Crippen LogP) is 2.92. The highest BCUT2D eigenvalue weighted by molar-refractivity contribution is 5.88. The largest absolute Gasteiger partial charge is 0.480 e. The molecule has 4 aliphatic carbocycles. The number of aliphatic carboxylic acids is 1. The molecule has 0 spiro atoms. The fourth-order valence-corrected chi connectivity index (χ4v) is 5.89. The monoisotopic (exact) mass is 372 g/mol. The number of amides is 1. The molecule has 1 amide bonds. The Hall–Kier alpha value is -2.44. The van der Waals surface area contributed by atoms with Crippen molar-refractivity contribution in [2.45, 2.75) is 51.0 Å². The molecule has 1 aromatic rings. The van der Waals surface area contributed by atoms with Crippen molar-refractivity contribution in [2.75, 3.05) is 0 Å². The number of nitro benzene ring substituents is 1. The molecule has 4 saturated carbocycles. The SMILES string of the molecule is O=C(O)[C@H](Cc1ccc([N+](=O)[O-])cc1)NC(=O)C12CC3CC(CC(C3)C1)C2. The van der Waals surface area contributed by atoms with E-state index in [0.717, 1.165) is 19.3 Å². The average Bonchev–Trinajstić information content (AvgIpc) is 2.60. The van der Waals surface area contributed by atoms with Crippen LogP contribution in [0.1, 0.15) is 44.1 Å². The topological polar surface area (TPSA) is 110 Å². The molecule has 4 fully saturated rings. The minimum absolute atomic E-state index is 0.0387. The van der Waals surface area contributed by atoms with Crippen molar-refractivity contribution in [3.63, 3.8) is 0 Å². The highest BCUT2D eigenvalue weighted by Crippen LogP contribution is 2.60. The lowest BCUT2D eigenvalue weighted by Gasteiger charge is -2.55. The fourth-order valence-electron chi connectivity index (χ4n) is 5.89. The number of carboxylic acid groups (broad SMARTS) is 1. The van der Waals surface area contributed by atoms with Crippen molar-refractivity contribution in [3.8, 4) is 0 Å². The number of carboxylic acids is 1. The smallest absolute Gasteiger partial charge is 0.326 e. The summed E-state index contributed by atoms with van der Waals surface area (Å²) in [5, 5.41) is 23.1. The Balaban J connectivity index is 1.46. The van der Waals surface area contributed by atoms with Gasteiger partial charge in [-0.3, -0.25) is 14.9 Å². The van der Waals surface area contributed by atoms with E-state index in [-0.39, 0.29) is 18.0 Å². The van der Waals surface area contributed by atoms with Gasteiger partial charge in [0, 0.05) is 24.0 Å². The quantitative estimate of drug-likeness (QED) is 0.589. The van der Waals surface area contributed by atoms with Gasteiger partial charge in [0.05, 0.1) is 4.92 Å². The van der Waals surface area contributed by atoms with Crippen LogP contribution in [-0.4, -0.2) is 27.9 Å². The van der Waals surface area contributed by atoms with Gasteiger partial charge in [0.25, 0.3) is 5.69 Å². The van der Waals surface area contributed by atoms with Gasteiger partial charge in [-0.15, -0.1) is 0 Å². The highest BCUT2D eigenvalue weighted by Gasteiger charge is 2.54. The number of nitrogens with zero attached hydrogens (tertiary/aromatic N) is 1. The second-order valence-electron chi connectivity index (χ2n) is 8.69. The van der Waals surface area contributed by atoms with Gasteiger partial charge >= 0.3 is 5.97 Å². The predicted molar refractivity (Wildman–Crippen MR) is 97.0 cm³/mol. The Morgan fingerprint density at radius 1 is 1.11 bits per heavy atom. The van der Waals surface area contributed by atoms with Gasteiger partial charge in [0.1, 0.15) is 6.04 Å². The van der Waals surface area contributed by atoms with Crippen molar-refractivity contribution in [1.82, 2.24) is 5.32 Å². The van der Waals surface area contributed by atoms with E-state index in [4.69, 9.17) is 0 Å². The molecule has 5 rings (SSSR count). The van der Waals surface area contributed by atoms with Gasteiger partial charge in [-0.2, -0.15) is 0 Å². The lowest BCUT2D eigenvalue weighted by atomic mass is 9.49. The second kappa shape index (κ2) is 6.62. The van der Waals surface area contributed by atoms with E-state index in [0.29, 0.717) is 23.3 Å². The molecule has 7 heteroatoms. The van der Waals surface area contributed by atoms with Crippen molar-refractivity contribution < 1.29 is 19.6 Å². The average molecular weight is 372 g/mol. The number of nitrogens with one attached hydrogen (secondary N) is 1. The summed E-state index contributed by atoms with van der Waals surface area (Å²) in [5.41, 5.74) is 0.222. The van der Waals surface area contributed by atoms with E-state index in [1.807, 2.05) is 0 Å². The van der Waals surface area contributed by atoms with Gasteiger partial charge in [0.2, 0.25) is 5.91 Å². The second-order valence-corrected chi connectivity index (χ2v) is 8.69. The molecule has 1 atom stereocenters. The van der Waals surface area contributed by atoms with Gasteiger partial charge in [-0.1, -0.05) is 12.1 Å². The summed E-state index contributed by atoms with van der Waals surface area (Å²) in [6, 6.07) is 4.78. The van der Waals surface area contributed by atoms with E-state index in [9.17, 15) is 24.8 Å². The third-order valence-corrected chi connectivity index (χ3v) is 6.71. The van der Waals surface area contributed by atoms with Crippen LogP contribution in [0.2, 0.25) is 0 Å². The van der Waals surface area contributed by atoms with Crippen molar-refractivity contribution in [1.29, 1.82) is 0 Å². The Kier molecular flexibility index (Phi) is 4.40. The summed E-state index contributed by atoms with van der Waals surface area (Å²) in [7, 11) is 0. The Morgan fingerprint density at radius 2 is 1.63 bits per heavy atom. The summed E-state index contributed by atoms with van der Waals surface area (Å²) in [5.74, 6) is 0.641. The summed E-state index contributed by atoms with van der Waals surface area (Å²) in [6.45, 7) is 0. The van der Waals surface area contributed by atoms with E-state index in [1.54, 1.807) is 12.1 Å². The van der Waals surface area contributed by atoms with Crippen molar-refractivity contribution in [3.05, 3.63) is 39.9 Å². The number of hydrogen-bond donors (Lipinski definition) is 2. The Bertz CT molecular complexity index is 738. The van der Waals surface area contributed by atoms with Gasteiger partial charge in [0.15, 0.2) is 0 Å². The van der Waals surface area contributed by atoms with Crippen LogP contribution in [0.5, 0.6) is 0 Å². The number of non-ortho nitro benzene ring substituents is 1. The Labute approximate surface area is 157 Å². The lowest BCUT2D eigenvalue weighted by Crippen LogP contribution is -2.56. The standard InChI is InChI=1S/C20H24N2O5/c23-18(24)17(8-12-1-3-16(4-2-12)22(26)27)21-19(25)20-9-13-5-14(10-20)7-15(6-13)11-20/h1-4,13-15,17H,5-11H2,(H,21,25)(H,23,24)/t13?,14?,15?,17-,20?/m0/s1. The molecule has 0 radical (unpaired) electrons. The van der Waals surface area contributed by atoms with Crippen LogP contribution in [0.4, 0.5) is 5.69 Å². The number of hydrogen-bond acceptors (Lipinski definition) is 4. The molecule has 7 nitrogen and oxygen atoms in total. The van der Waals surface area contributed by atoms with Crippen molar-refractivity contribution in [2.24, 2.45) is 23.2 Å². The van der Waals surface area contributed by atoms with Crippen molar-refractivity contribution >= 4 is 17.6 Å². The fraction of sp³-hybridized carbons (Fsp3) is 0.600. The number of benzene rings is 1. The summed E-state index contributed by atoms with van der Waals surface area (Å²) in [4.78, 5) is 35.1. The molecule has 27 heavy (non-hydrogen) atoms. The lowest BCUT2D eigenvalue weighted by molar-refractivity contribution is -0.384. The first-order valence-electron chi connectivity index (χ1n) is 9.62. The molecule has 0 unspecified atom stereocenters. The maximum Gasteiger partial charge on any atom is 0.326 e. The third-order valence-electron chi connectivity index (χ3n) is 6.71. The molecule has 4 aliphatic rings. The zero-order valence-corrected chi connectivity index (χ0v) is 15.1. The molecule has 144 valence electrons. The number of nitro groups is 1. The number of carbonyl (C=O) groups is 2. The molecule has 2 N–H and O–H groups in total. The number of rotatable bonds is 6. The molecule has 0 aliphatic heterocycles. The zero-order chi connectivity index (χ0) is 19.2. The molecule has 0 saturated heterocycles. The maximum atomic E-state index is 13.1. The molecule has 0 aromatic heterocycles. The first-order chi connectivity index (χ1) is 12.8. The first-order valence-corrected chi connectivity index (χ1v) is 9.62.